The fourth-order valence-corrected chi connectivity index (χ4v) is 3.92. The van der Waals surface area contributed by atoms with E-state index in [1.165, 1.54) is 31.0 Å². The zero-order valence-corrected chi connectivity index (χ0v) is 16.9. The fourth-order valence-electron chi connectivity index (χ4n) is 3.15. The molecule has 0 atom stereocenters. The van der Waals surface area contributed by atoms with Crippen LogP contribution in [0, 0.1) is 0 Å². The van der Waals surface area contributed by atoms with Crippen LogP contribution in [-0.4, -0.2) is 57.0 Å². The van der Waals surface area contributed by atoms with Crippen molar-refractivity contribution in [1.29, 1.82) is 0 Å². The van der Waals surface area contributed by atoms with Crippen molar-refractivity contribution in [2.45, 2.75) is 37.9 Å². The van der Waals surface area contributed by atoms with Crippen LogP contribution in [0.15, 0.2) is 35.5 Å². The van der Waals surface area contributed by atoms with Gasteiger partial charge in [0.2, 0.25) is 5.91 Å². The maximum atomic E-state index is 12.0. The minimum Gasteiger partial charge on any atom is -0.338 e. The third-order valence-corrected chi connectivity index (χ3v) is 5.38. The first-order chi connectivity index (χ1) is 13.7. The van der Waals surface area contributed by atoms with Crippen LogP contribution in [0.1, 0.15) is 32.0 Å². The summed E-state index contributed by atoms with van der Waals surface area (Å²) in [5.41, 5.74) is 0.964. The third-order valence-electron chi connectivity index (χ3n) is 4.45. The van der Waals surface area contributed by atoms with Crippen molar-refractivity contribution in [2.75, 3.05) is 25.4 Å². The number of piperidine rings is 1. The summed E-state index contributed by atoms with van der Waals surface area (Å²) in [5.74, 6) is 0.585. The maximum Gasteiger partial charge on any atom is 0.321 e. The maximum absolute atomic E-state index is 12.0. The van der Waals surface area contributed by atoms with Gasteiger partial charge in [0.15, 0.2) is 11.0 Å². The molecule has 3 rings (SSSR count). The Labute approximate surface area is 169 Å². The van der Waals surface area contributed by atoms with Crippen molar-refractivity contribution in [3.63, 3.8) is 0 Å². The van der Waals surface area contributed by atoms with Crippen LogP contribution in [0.2, 0.25) is 0 Å². The average Bonchev–Trinajstić information content (AvgIpc) is 3.10. The number of amides is 3. The Morgan fingerprint density at radius 2 is 1.86 bits per heavy atom. The molecular weight excluding hydrogens is 376 g/mol. The molecule has 0 spiro atoms. The SMILES string of the molecule is CCNC(=O)NC(=O)CSc1nnc(CN2CCCCC2)n1-c1ccccc1. The van der Waals surface area contributed by atoms with Gasteiger partial charge in [-0.1, -0.05) is 36.4 Å². The number of nitrogens with one attached hydrogen (secondary N) is 2. The van der Waals surface area contributed by atoms with Gasteiger partial charge >= 0.3 is 6.03 Å². The molecule has 8 nitrogen and oxygen atoms in total. The van der Waals surface area contributed by atoms with Gasteiger partial charge in [0, 0.05) is 12.2 Å². The van der Waals surface area contributed by atoms with Crippen molar-refractivity contribution in [1.82, 2.24) is 30.3 Å². The molecule has 2 N–H and O–H groups in total. The van der Waals surface area contributed by atoms with E-state index in [4.69, 9.17) is 0 Å². The summed E-state index contributed by atoms with van der Waals surface area (Å²) in [7, 11) is 0. The first kappa shape index (κ1) is 20.3. The topological polar surface area (TPSA) is 92.2 Å². The molecule has 3 amide bonds. The van der Waals surface area contributed by atoms with Gasteiger partial charge in [-0.2, -0.15) is 0 Å². The monoisotopic (exact) mass is 402 g/mol. The summed E-state index contributed by atoms with van der Waals surface area (Å²) in [6.07, 6.45) is 3.70. The lowest BCUT2D eigenvalue weighted by atomic mass is 10.1. The molecule has 0 aliphatic carbocycles. The number of rotatable bonds is 7. The summed E-state index contributed by atoms with van der Waals surface area (Å²) in [6.45, 7) is 5.13. The van der Waals surface area contributed by atoms with Crippen LogP contribution in [0.3, 0.4) is 0 Å². The number of carbonyl (C=O) groups excluding carboxylic acids is 2. The van der Waals surface area contributed by atoms with Gasteiger partial charge in [-0.25, -0.2) is 4.79 Å². The second-order valence-corrected chi connectivity index (χ2v) is 7.55. The van der Waals surface area contributed by atoms with Gasteiger partial charge in [-0.05, 0) is 45.0 Å². The molecule has 0 bridgehead atoms. The summed E-state index contributed by atoms with van der Waals surface area (Å²) in [4.78, 5) is 25.9. The van der Waals surface area contributed by atoms with Crippen molar-refractivity contribution >= 4 is 23.7 Å². The number of carbonyl (C=O) groups is 2. The van der Waals surface area contributed by atoms with E-state index in [1.54, 1.807) is 6.92 Å². The quantitative estimate of drug-likeness (QED) is 0.690. The summed E-state index contributed by atoms with van der Waals surface area (Å²) < 4.78 is 2.00. The van der Waals surface area contributed by atoms with Crippen molar-refractivity contribution in [2.24, 2.45) is 0 Å². The number of likely N-dealkylation sites (tertiary alicyclic amines) is 1. The smallest absolute Gasteiger partial charge is 0.321 e. The van der Waals surface area contributed by atoms with Crippen molar-refractivity contribution in [3.05, 3.63) is 36.2 Å². The number of para-hydroxylation sites is 1. The molecule has 1 aromatic carbocycles. The highest BCUT2D eigenvalue weighted by Gasteiger charge is 2.19. The van der Waals surface area contributed by atoms with E-state index < -0.39 is 6.03 Å². The Bertz CT molecular complexity index is 789. The van der Waals surface area contributed by atoms with Crippen LogP contribution in [0.4, 0.5) is 4.79 Å². The predicted octanol–water partition coefficient (Wildman–Crippen LogP) is 2.19. The van der Waals surface area contributed by atoms with Crippen LogP contribution in [-0.2, 0) is 11.3 Å². The van der Waals surface area contributed by atoms with Gasteiger partial charge in [0.1, 0.15) is 0 Å². The lowest BCUT2D eigenvalue weighted by Gasteiger charge is -2.26. The molecule has 28 heavy (non-hydrogen) atoms. The van der Waals surface area contributed by atoms with Gasteiger partial charge in [-0.3, -0.25) is 19.6 Å². The minimum absolute atomic E-state index is 0.0891. The van der Waals surface area contributed by atoms with Gasteiger partial charge in [-0.15, -0.1) is 10.2 Å². The molecule has 1 saturated heterocycles. The molecule has 0 unspecified atom stereocenters. The molecule has 1 aliphatic rings. The largest absolute Gasteiger partial charge is 0.338 e. The highest BCUT2D eigenvalue weighted by molar-refractivity contribution is 7.99. The number of urea groups is 1. The van der Waals surface area contributed by atoms with E-state index in [9.17, 15) is 9.59 Å². The van der Waals surface area contributed by atoms with E-state index in [0.717, 1.165) is 31.1 Å². The van der Waals surface area contributed by atoms with Crippen LogP contribution < -0.4 is 10.6 Å². The number of aromatic nitrogens is 3. The van der Waals surface area contributed by atoms with E-state index in [2.05, 4.69) is 25.7 Å². The van der Waals surface area contributed by atoms with Gasteiger partial charge in [0.25, 0.3) is 0 Å². The van der Waals surface area contributed by atoms with E-state index in [0.29, 0.717) is 11.7 Å². The molecule has 1 aliphatic heterocycles. The number of nitrogens with zero attached hydrogens (tertiary/aromatic N) is 4. The second-order valence-electron chi connectivity index (χ2n) is 6.60. The molecule has 1 aromatic heterocycles. The van der Waals surface area contributed by atoms with Crippen LogP contribution >= 0.6 is 11.8 Å². The average molecular weight is 403 g/mol. The number of imide groups is 1. The fraction of sp³-hybridized carbons (Fsp3) is 0.474. The minimum atomic E-state index is -0.483. The number of hydrogen-bond acceptors (Lipinski definition) is 6. The molecule has 0 saturated carbocycles. The molecule has 2 aromatic rings. The van der Waals surface area contributed by atoms with Crippen molar-refractivity contribution < 1.29 is 9.59 Å². The molecule has 9 heteroatoms. The lowest BCUT2D eigenvalue weighted by Crippen LogP contribution is -2.40. The Morgan fingerprint density at radius 1 is 1.11 bits per heavy atom. The number of hydrogen-bond donors (Lipinski definition) is 2. The highest BCUT2D eigenvalue weighted by atomic mass is 32.2. The summed E-state index contributed by atoms with van der Waals surface area (Å²) in [6, 6.07) is 9.42. The molecule has 150 valence electrons. The molecule has 2 heterocycles. The Hall–Kier alpha value is -2.39. The normalized spacial score (nSPS) is 14.6. The molecule has 1 fully saturated rings. The predicted molar refractivity (Wildman–Crippen MR) is 108 cm³/mol. The van der Waals surface area contributed by atoms with E-state index in [-0.39, 0.29) is 11.7 Å². The highest BCUT2D eigenvalue weighted by Crippen LogP contribution is 2.23. The Balaban J connectivity index is 1.73. The lowest BCUT2D eigenvalue weighted by molar-refractivity contribution is -0.117. The molecule has 0 radical (unpaired) electrons. The number of thioether (sulfide) groups is 1. The zero-order chi connectivity index (χ0) is 19.8. The summed E-state index contributed by atoms with van der Waals surface area (Å²) in [5, 5.41) is 14.2. The summed E-state index contributed by atoms with van der Waals surface area (Å²) >= 11 is 1.27. The first-order valence-electron chi connectivity index (χ1n) is 9.60. The van der Waals surface area contributed by atoms with Gasteiger partial charge in [0.05, 0.1) is 12.3 Å². The van der Waals surface area contributed by atoms with Crippen molar-refractivity contribution in [3.8, 4) is 5.69 Å². The zero-order valence-electron chi connectivity index (χ0n) is 16.1. The number of benzene rings is 1. The standard InChI is InChI=1S/C19H26N6O2S/c1-2-20-18(27)21-17(26)14-28-19-23-22-16(13-24-11-7-4-8-12-24)25(19)15-9-5-3-6-10-15/h3,5-6,9-10H,2,4,7-8,11-14H2,1H3,(H2,20,21,26,27). The molecular formula is C19H26N6O2S. The van der Waals surface area contributed by atoms with Gasteiger partial charge < -0.3 is 5.32 Å². The third kappa shape index (κ3) is 5.56. The Morgan fingerprint density at radius 3 is 2.57 bits per heavy atom. The Kier molecular flexibility index (Phi) is 7.44. The van der Waals surface area contributed by atoms with E-state index in [1.807, 2.05) is 34.9 Å². The van der Waals surface area contributed by atoms with E-state index >= 15 is 0 Å². The first-order valence-corrected chi connectivity index (χ1v) is 10.6. The van der Waals surface area contributed by atoms with Crippen LogP contribution in [0.5, 0.6) is 0 Å². The van der Waals surface area contributed by atoms with Crippen LogP contribution in [0.25, 0.3) is 5.69 Å². The second kappa shape index (κ2) is 10.2.